The Labute approximate surface area is 128 Å². The third-order valence-corrected chi connectivity index (χ3v) is 4.12. The molecule has 6 heteroatoms. The number of hydrogen-bond donors (Lipinski definition) is 1. The highest BCUT2D eigenvalue weighted by atomic mass is 79.9. The largest absolute Gasteiger partial charge is 0.340 e. The number of benzene rings is 1. The molecule has 0 spiro atoms. The molecule has 0 radical (unpaired) electrons. The maximum absolute atomic E-state index is 13.2. The number of anilines is 1. The van der Waals surface area contributed by atoms with E-state index in [-0.39, 0.29) is 10.9 Å². The van der Waals surface area contributed by atoms with Gasteiger partial charge in [-0.25, -0.2) is 4.39 Å². The average molecular weight is 358 g/mol. The van der Waals surface area contributed by atoms with Crippen LogP contribution in [-0.2, 0) is 0 Å². The van der Waals surface area contributed by atoms with E-state index in [9.17, 15) is 9.18 Å². The summed E-state index contributed by atoms with van der Waals surface area (Å²) in [6.07, 6.45) is 4.08. The molecule has 104 valence electrons. The molecule has 1 aromatic carbocycles. The highest BCUT2D eigenvalue weighted by Crippen LogP contribution is 2.37. The van der Waals surface area contributed by atoms with Gasteiger partial charge in [0.25, 0.3) is 5.91 Å². The first-order valence-corrected chi connectivity index (χ1v) is 7.36. The first-order chi connectivity index (χ1) is 9.56. The first kappa shape index (κ1) is 13.6. The Morgan fingerprint density at radius 3 is 2.85 bits per heavy atom. The molecule has 1 fully saturated rings. The molecule has 1 amide bonds. The van der Waals surface area contributed by atoms with Gasteiger partial charge in [-0.3, -0.25) is 4.79 Å². The second-order valence-corrected chi connectivity index (χ2v) is 5.99. The molecule has 3 rings (SSSR count). The number of halogens is 3. The Morgan fingerprint density at radius 1 is 1.45 bits per heavy atom. The average Bonchev–Trinajstić information content (AvgIpc) is 3.11. The van der Waals surface area contributed by atoms with Crippen molar-refractivity contribution < 1.29 is 9.18 Å². The van der Waals surface area contributed by atoms with Gasteiger partial charge in [0.05, 0.1) is 10.7 Å². The smallest absolute Gasteiger partial charge is 0.272 e. The van der Waals surface area contributed by atoms with Gasteiger partial charge in [-0.05, 0) is 53.0 Å². The van der Waals surface area contributed by atoms with Gasteiger partial charge in [-0.1, -0.05) is 11.6 Å². The zero-order chi connectivity index (χ0) is 14.3. The molecule has 1 aromatic heterocycles. The number of hydrogen-bond acceptors (Lipinski definition) is 1. The lowest BCUT2D eigenvalue weighted by atomic mass is 10.3. The van der Waals surface area contributed by atoms with Crippen molar-refractivity contribution in [3.05, 3.63) is 51.5 Å². The third kappa shape index (κ3) is 2.60. The van der Waals surface area contributed by atoms with Crippen molar-refractivity contribution in [2.24, 2.45) is 0 Å². The Kier molecular flexibility index (Phi) is 3.56. The van der Waals surface area contributed by atoms with Gasteiger partial charge in [-0.15, -0.1) is 0 Å². The number of aromatic nitrogens is 1. The van der Waals surface area contributed by atoms with Crippen molar-refractivity contribution in [1.29, 1.82) is 0 Å². The van der Waals surface area contributed by atoms with Crippen molar-refractivity contribution in [3.8, 4) is 0 Å². The molecular weight excluding hydrogens is 347 g/mol. The van der Waals surface area contributed by atoms with Gasteiger partial charge < -0.3 is 9.88 Å². The molecule has 0 atom stereocenters. The van der Waals surface area contributed by atoms with E-state index in [2.05, 4.69) is 21.2 Å². The van der Waals surface area contributed by atoms with Crippen LogP contribution in [0.3, 0.4) is 0 Å². The van der Waals surface area contributed by atoms with Crippen molar-refractivity contribution >= 4 is 39.1 Å². The number of carbonyl (C=O) groups excluding carboxylic acids is 1. The van der Waals surface area contributed by atoms with Crippen LogP contribution < -0.4 is 5.32 Å². The fourth-order valence-corrected chi connectivity index (χ4v) is 3.00. The highest BCUT2D eigenvalue weighted by Gasteiger charge is 2.27. The SMILES string of the molecule is O=C(Nc1c(Cl)cc(F)cc1Br)c1cccn1C1CC1. The minimum Gasteiger partial charge on any atom is -0.340 e. The summed E-state index contributed by atoms with van der Waals surface area (Å²) in [5.41, 5.74) is 0.960. The Hall–Kier alpha value is -1.33. The van der Waals surface area contributed by atoms with E-state index < -0.39 is 5.82 Å². The van der Waals surface area contributed by atoms with Gasteiger partial charge in [0.2, 0.25) is 0 Å². The van der Waals surface area contributed by atoms with Crippen molar-refractivity contribution in [1.82, 2.24) is 4.57 Å². The minimum absolute atomic E-state index is 0.162. The van der Waals surface area contributed by atoms with Crippen molar-refractivity contribution in [2.45, 2.75) is 18.9 Å². The molecule has 1 heterocycles. The van der Waals surface area contributed by atoms with E-state index in [0.717, 1.165) is 12.8 Å². The molecular formula is C14H11BrClFN2O. The van der Waals surface area contributed by atoms with E-state index in [1.807, 2.05) is 16.8 Å². The van der Waals surface area contributed by atoms with Crippen LogP contribution in [0.5, 0.6) is 0 Å². The maximum Gasteiger partial charge on any atom is 0.272 e. The van der Waals surface area contributed by atoms with E-state index >= 15 is 0 Å². The summed E-state index contributed by atoms with van der Waals surface area (Å²) in [5.74, 6) is -0.711. The second-order valence-electron chi connectivity index (χ2n) is 4.73. The third-order valence-electron chi connectivity index (χ3n) is 3.20. The summed E-state index contributed by atoms with van der Waals surface area (Å²) < 4.78 is 15.5. The van der Waals surface area contributed by atoms with E-state index in [1.54, 1.807) is 6.07 Å². The monoisotopic (exact) mass is 356 g/mol. The number of nitrogens with one attached hydrogen (secondary N) is 1. The summed E-state index contributed by atoms with van der Waals surface area (Å²) in [4.78, 5) is 12.3. The summed E-state index contributed by atoms with van der Waals surface area (Å²) >= 11 is 9.17. The van der Waals surface area contributed by atoms with Crippen LogP contribution in [-0.4, -0.2) is 10.5 Å². The molecule has 0 unspecified atom stereocenters. The summed E-state index contributed by atoms with van der Waals surface area (Å²) in [5, 5.41) is 2.89. The molecule has 2 aromatic rings. The molecule has 1 saturated carbocycles. The lowest BCUT2D eigenvalue weighted by Crippen LogP contribution is -2.17. The number of amides is 1. The van der Waals surface area contributed by atoms with E-state index in [0.29, 0.717) is 21.9 Å². The minimum atomic E-state index is -0.457. The molecule has 0 bridgehead atoms. The Morgan fingerprint density at radius 2 is 2.20 bits per heavy atom. The van der Waals surface area contributed by atoms with Crippen LogP contribution in [0.25, 0.3) is 0 Å². The molecule has 0 aliphatic heterocycles. The molecule has 1 N–H and O–H groups in total. The zero-order valence-corrected chi connectivity index (χ0v) is 12.7. The van der Waals surface area contributed by atoms with E-state index in [1.165, 1.54) is 12.1 Å². The van der Waals surface area contributed by atoms with Gasteiger partial charge in [0, 0.05) is 16.7 Å². The van der Waals surface area contributed by atoms with Gasteiger partial charge >= 0.3 is 0 Å². The lowest BCUT2D eigenvalue weighted by molar-refractivity contribution is 0.101. The normalized spacial score (nSPS) is 14.3. The van der Waals surface area contributed by atoms with Crippen LogP contribution in [0.15, 0.2) is 34.9 Å². The lowest BCUT2D eigenvalue weighted by Gasteiger charge is -2.11. The fourth-order valence-electron chi connectivity index (χ4n) is 2.10. The predicted octanol–water partition coefficient (Wildman–Crippen LogP) is 4.63. The van der Waals surface area contributed by atoms with Crippen LogP contribution >= 0.6 is 27.5 Å². The molecule has 0 saturated heterocycles. The van der Waals surface area contributed by atoms with Crippen LogP contribution in [0.1, 0.15) is 29.4 Å². The van der Waals surface area contributed by atoms with Crippen molar-refractivity contribution in [2.75, 3.05) is 5.32 Å². The van der Waals surface area contributed by atoms with Gasteiger partial charge in [0.15, 0.2) is 0 Å². The number of rotatable bonds is 3. The number of nitrogens with zero attached hydrogens (tertiary/aromatic N) is 1. The van der Waals surface area contributed by atoms with Crippen LogP contribution in [0.4, 0.5) is 10.1 Å². The summed E-state index contributed by atoms with van der Waals surface area (Å²) in [6, 6.07) is 6.45. The standard InChI is InChI=1S/C14H11BrClFN2O/c15-10-6-8(17)7-11(16)13(10)18-14(20)12-2-1-5-19(12)9-3-4-9/h1-2,5-7,9H,3-4H2,(H,18,20). The summed E-state index contributed by atoms with van der Waals surface area (Å²) in [6.45, 7) is 0. The van der Waals surface area contributed by atoms with Gasteiger partial charge in [0.1, 0.15) is 11.5 Å². The molecule has 1 aliphatic rings. The Balaban J connectivity index is 1.87. The topological polar surface area (TPSA) is 34.0 Å². The zero-order valence-electron chi connectivity index (χ0n) is 10.4. The van der Waals surface area contributed by atoms with Crippen LogP contribution in [0.2, 0.25) is 5.02 Å². The molecule has 1 aliphatic carbocycles. The maximum atomic E-state index is 13.2. The fraction of sp³-hybridized carbons (Fsp3) is 0.214. The second kappa shape index (κ2) is 5.22. The van der Waals surface area contributed by atoms with Crippen molar-refractivity contribution in [3.63, 3.8) is 0 Å². The molecule has 3 nitrogen and oxygen atoms in total. The predicted molar refractivity (Wildman–Crippen MR) is 79.8 cm³/mol. The quantitative estimate of drug-likeness (QED) is 0.854. The van der Waals surface area contributed by atoms with Gasteiger partial charge in [-0.2, -0.15) is 0 Å². The summed E-state index contributed by atoms with van der Waals surface area (Å²) in [7, 11) is 0. The Bertz CT molecular complexity index is 659. The highest BCUT2D eigenvalue weighted by molar-refractivity contribution is 9.10. The van der Waals surface area contributed by atoms with Crippen LogP contribution in [0, 0.1) is 5.82 Å². The molecule has 20 heavy (non-hydrogen) atoms. The number of carbonyl (C=O) groups is 1. The van der Waals surface area contributed by atoms with E-state index in [4.69, 9.17) is 11.6 Å². The first-order valence-electron chi connectivity index (χ1n) is 6.19.